The van der Waals surface area contributed by atoms with Crippen LogP contribution in [0.5, 0.6) is 11.5 Å². The van der Waals surface area contributed by atoms with E-state index in [9.17, 15) is 5.11 Å². The van der Waals surface area contributed by atoms with Crippen molar-refractivity contribution in [2.45, 2.75) is 33.0 Å². The van der Waals surface area contributed by atoms with E-state index >= 15 is 0 Å². The summed E-state index contributed by atoms with van der Waals surface area (Å²) in [7, 11) is 3.27. The maximum atomic E-state index is 10.5. The fraction of sp³-hybridized carbons (Fsp3) is 0.478. The number of rotatable bonds is 12. The second kappa shape index (κ2) is 11.7. The fourth-order valence-corrected chi connectivity index (χ4v) is 3.05. The average molecular weight is 388 g/mol. The predicted octanol–water partition coefficient (Wildman–Crippen LogP) is 3.74. The van der Waals surface area contributed by atoms with Crippen LogP contribution < -0.4 is 9.47 Å². The first kappa shape index (κ1) is 22.2. The number of hydrogen-bond donors (Lipinski definition) is 1. The number of aliphatic hydroxyl groups excluding tert-OH is 1. The van der Waals surface area contributed by atoms with Gasteiger partial charge in [0.05, 0.1) is 26.9 Å². The molecule has 0 aliphatic heterocycles. The van der Waals surface area contributed by atoms with Crippen molar-refractivity contribution in [3.8, 4) is 11.5 Å². The first-order valence-corrected chi connectivity index (χ1v) is 9.74. The van der Waals surface area contributed by atoms with Crippen LogP contribution >= 0.6 is 0 Å². The van der Waals surface area contributed by atoms with Gasteiger partial charge in [-0.15, -0.1) is 0 Å². The molecule has 0 saturated carbocycles. The molecule has 0 aromatic heterocycles. The van der Waals surface area contributed by atoms with E-state index in [1.54, 1.807) is 14.2 Å². The topological polar surface area (TPSA) is 51.2 Å². The quantitative estimate of drug-likeness (QED) is 0.601. The molecule has 5 nitrogen and oxygen atoms in total. The Labute approximate surface area is 168 Å². The SMILES string of the molecule is COc1ccc(CN(Cc2ccccc2)CC(O)COCC(C)C)cc1OC. The average Bonchev–Trinajstić information content (AvgIpc) is 2.68. The van der Waals surface area contributed by atoms with Gasteiger partial charge in [0.25, 0.3) is 0 Å². The van der Waals surface area contributed by atoms with Crippen LogP contribution in [0.25, 0.3) is 0 Å². The minimum Gasteiger partial charge on any atom is -0.493 e. The fourth-order valence-electron chi connectivity index (χ4n) is 3.05. The number of hydrogen-bond acceptors (Lipinski definition) is 5. The molecule has 0 saturated heterocycles. The summed E-state index contributed by atoms with van der Waals surface area (Å²) in [5.41, 5.74) is 2.31. The van der Waals surface area contributed by atoms with Gasteiger partial charge in [0.1, 0.15) is 0 Å². The molecule has 0 amide bonds. The van der Waals surface area contributed by atoms with E-state index in [2.05, 4.69) is 30.9 Å². The highest BCUT2D eigenvalue weighted by Crippen LogP contribution is 2.28. The maximum absolute atomic E-state index is 10.5. The Morgan fingerprint density at radius 2 is 1.54 bits per heavy atom. The molecule has 1 atom stereocenters. The molecule has 0 heterocycles. The highest BCUT2D eigenvalue weighted by molar-refractivity contribution is 5.42. The van der Waals surface area contributed by atoms with Crippen molar-refractivity contribution >= 4 is 0 Å². The third-order valence-electron chi connectivity index (χ3n) is 4.33. The monoisotopic (exact) mass is 387 g/mol. The molecule has 0 aliphatic rings. The van der Waals surface area contributed by atoms with Crippen LogP contribution in [0.1, 0.15) is 25.0 Å². The van der Waals surface area contributed by atoms with Crippen molar-refractivity contribution in [2.24, 2.45) is 5.92 Å². The Morgan fingerprint density at radius 3 is 2.18 bits per heavy atom. The van der Waals surface area contributed by atoms with E-state index in [4.69, 9.17) is 14.2 Å². The Kier molecular flexibility index (Phi) is 9.28. The van der Waals surface area contributed by atoms with Crippen molar-refractivity contribution in [3.63, 3.8) is 0 Å². The van der Waals surface area contributed by atoms with E-state index in [1.807, 2.05) is 36.4 Å². The molecular weight excluding hydrogens is 354 g/mol. The number of benzene rings is 2. The molecule has 5 heteroatoms. The zero-order valence-electron chi connectivity index (χ0n) is 17.4. The summed E-state index contributed by atoms with van der Waals surface area (Å²) in [6.07, 6.45) is -0.539. The first-order chi connectivity index (χ1) is 13.5. The van der Waals surface area contributed by atoms with Gasteiger partial charge < -0.3 is 19.3 Å². The van der Waals surface area contributed by atoms with Crippen LogP contribution in [-0.4, -0.2) is 50.1 Å². The Bertz CT molecular complexity index is 690. The van der Waals surface area contributed by atoms with Crippen molar-refractivity contribution in [2.75, 3.05) is 34.0 Å². The lowest BCUT2D eigenvalue weighted by Crippen LogP contribution is -2.34. The van der Waals surface area contributed by atoms with Gasteiger partial charge in [-0.1, -0.05) is 50.2 Å². The third kappa shape index (κ3) is 7.50. The van der Waals surface area contributed by atoms with Crippen LogP contribution in [0.2, 0.25) is 0 Å². The molecule has 2 aromatic carbocycles. The second-order valence-corrected chi connectivity index (χ2v) is 7.43. The number of ether oxygens (including phenoxy) is 3. The zero-order valence-corrected chi connectivity index (χ0v) is 17.4. The molecule has 0 bridgehead atoms. The molecule has 1 N–H and O–H groups in total. The Hall–Kier alpha value is -2.08. The summed E-state index contributed by atoms with van der Waals surface area (Å²) in [6.45, 7) is 7.17. The Morgan fingerprint density at radius 1 is 0.857 bits per heavy atom. The van der Waals surface area contributed by atoms with Gasteiger partial charge in [0.15, 0.2) is 11.5 Å². The number of methoxy groups -OCH3 is 2. The number of nitrogens with zero attached hydrogens (tertiary/aromatic N) is 1. The molecular formula is C23H33NO4. The van der Waals surface area contributed by atoms with Gasteiger partial charge in [-0.2, -0.15) is 0 Å². The molecule has 0 aliphatic carbocycles. The zero-order chi connectivity index (χ0) is 20.4. The molecule has 154 valence electrons. The van der Waals surface area contributed by atoms with Crippen LogP contribution in [0, 0.1) is 5.92 Å². The summed E-state index contributed by atoms with van der Waals surface area (Å²) in [6, 6.07) is 16.2. The van der Waals surface area contributed by atoms with Crippen LogP contribution in [-0.2, 0) is 17.8 Å². The summed E-state index contributed by atoms with van der Waals surface area (Å²) in [4.78, 5) is 2.22. The van der Waals surface area contributed by atoms with Crippen molar-refractivity contribution in [3.05, 3.63) is 59.7 Å². The largest absolute Gasteiger partial charge is 0.493 e. The van der Waals surface area contributed by atoms with Crippen LogP contribution in [0.15, 0.2) is 48.5 Å². The van der Waals surface area contributed by atoms with Crippen molar-refractivity contribution < 1.29 is 19.3 Å². The highest BCUT2D eigenvalue weighted by Gasteiger charge is 2.15. The summed E-state index contributed by atoms with van der Waals surface area (Å²) >= 11 is 0. The smallest absolute Gasteiger partial charge is 0.161 e. The minimum atomic E-state index is -0.539. The summed E-state index contributed by atoms with van der Waals surface area (Å²) in [5.74, 6) is 1.88. The molecule has 2 aromatic rings. The normalized spacial score (nSPS) is 12.4. The van der Waals surface area contributed by atoms with E-state index < -0.39 is 6.10 Å². The Balaban J connectivity index is 2.07. The maximum Gasteiger partial charge on any atom is 0.161 e. The second-order valence-electron chi connectivity index (χ2n) is 7.43. The highest BCUT2D eigenvalue weighted by atomic mass is 16.5. The molecule has 1 unspecified atom stereocenters. The van der Waals surface area contributed by atoms with Gasteiger partial charge >= 0.3 is 0 Å². The summed E-state index contributed by atoms with van der Waals surface area (Å²) in [5, 5.41) is 10.5. The van der Waals surface area contributed by atoms with Gasteiger partial charge in [-0.05, 0) is 29.2 Å². The van der Waals surface area contributed by atoms with Crippen molar-refractivity contribution in [1.82, 2.24) is 4.90 Å². The standard InChI is InChI=1S/C23H33NO4/c1-18(2)16-28-17-21(25)15-24(13-19-8-6-5-7-9-19)14-20-10-11-22(26-3)23(12-20)27-4/h5-12,18,21,25H,13-17H2,1-4H3. The van der Waals surface area contributed by atoms with Crippen LogP contribution in [0.4, 0.5) is 0 Å². The summed E-state index contributed by atoms with van der Waals surface area (Å²) < 4.78 is 16.4. The lowest BCUT2D eigenvalue weighted by Gasteiger charge is -2.26. The lowest BCUT2D eigenvalue weighted by molar-refractivity contribution is 0.00554. The lowest BCUT2D eigenvalue weighted by atomic mass is 10.1. The van der Waals surface area contributed by atoms with Gasteiger partial charge in [0.2, 0.25) is 0 Å². The molecule has 28 heavy (non-hydrogen) atoms. The molecule has 2 rings (SSSR count). The molecule has 0 radical (unpaired) electrons. The predicted molar refractivity (Wildman–Crippen MR) is 112 cm³/mol. The molecule has 0 fully saturated rings. The van der Waals surface area contributed by atoms with Gasteiger partial charge in [0, 0.05) is 26.2 Å². The van der Waals surface area contributed by atoms with E-state index in [0.717, 1.165) is 12.1 Å². The minimum absolute atomic E-state index is 0.343. The van der Waals surface area contributed by atoms with E-state index in [0.29, 0.717) is 43.7 Å². The number of aliphatic hydroxyl groups is 1. The van der Waals surface area contributed by atoms with Crippen LogP contribution in [0.3, 0.4) is 0 Å². The van der Waals surface area contributed by atoms with Gasteiger partial charge in [-0.3, -0.25) is 4.90 Å². The van der Waals surface area contributed by atoms with Crippen molar-refractivity contribution in [1.29, 1.82) is 0 Å². The van der Waals surface area contributed by atoms with Gasteiger partial charge in [-0.25, -0.2) is 0 Å². The third-order valence-corrected chi connectivity index (χ3v) is 4.33. The van der Waals surface area contributed by atoms with E-state index in [1.165, 1.54) is 5.56 Å². The first-order valence-electron chi connectivity index (χ1n) is 9.74. The molecule has 0 spiro atoms. The van der Waals surface area contributed by atoms with E-state index in [-0.39, 0.29) is 0 Å².